The molecule has 0 saturated carbocycles. The van der Waals surface area contributed by atoms with Gasteiger partial charge < -0.3 is 27.0 Å². The van der Waals surface area contributed by atoms with Gasteiger partial charge in [-0.05, 0) is 59.2 Å². The summed E-state index contributed by atoms with van der Waals surface area (Å²) in [5, 5.41) is 9.16. The molecule has 0 aromatic heterocycles. The van der Waals surface area contributed by atoms with Gasteiger partial charge in [0.05, 0.1) is 12.1 Å². The molecule has 4 aromatic rings. The van der Waals surface area contributed by atoms with Crippen LogP contribution < -0.4 is 22.1 Å². The number of hydrogen-bond donors (Lipinski definition) is 4. The molecule has 45 heavy (non-hydrogen) atoms. The van der Waals surface area contributed by atoms with E-state index >= 15 is 0 Å². The number of nitrogens with two attached hydrogens (primary N) is 2. The summed E-state index contributed by atoms with van der Waals surface area (Å²) in [4.78, 5) is 32.7. The van der Waals surface area contributed by atoms with Crippen molar-refractivity contribution in [2.24, 2.45) is 16.5 Å². The van der Waals surface area contributed by atoms with Crippen LogP contribution in [-0.2, 0) is 9.59 Å². The predicted molar refractivity (Wildman–Crippen MR) is 182 cm³/mol. The molecule has 4 aromatic carbocycles. The van der Waals surface area contributed by atoms with Gasteiger partial charge >= 0.3 is 0 Å². The zero-order valence-electron chi connectivity index (χ0n) is 25.9. The van der Waals surface area contributed by atoms with Crippen LogP contribution >= 0.6 is 0 Å². The SMILES string of the molecule is CC(=O)NC(C[C@H]1CCN(CC(c2ccccc2)c2ccccc2)C(=O)[C@H](CCCN=C(N)N)N1)c1ccc2ccccc2c1. The topological polar surface area (TPSA) is 126 Å². The summed E-state index contributed by atoms with van der Waals surface area (Å²) in [6, 6.07) is 34.8. The molecule has 6 N–H and O–H groups in total. The zero-order valence-corrected chi connectivity index (χ0v) is 25.9. The highest BCUT2D eigenvalue weighted by atomic mass is 16.2. The standard InChI is InChI=1S/C37H44N6O2/c1-26(44)41-35(31-19-18-27-11-8-9-16-30(27)23-31)24-32-20-22-43(36(45)34(42-32)17-10-21-40-37(38)39)25-33(28-12-4-2-5-13-28)29-14-6-3-7-15-29/h2-9,11-16,18-19,23,32-35,42H,10,17,20-22,24-25H2,1H3,(H,41,44)(H4,38,39,40)/t32-,34+,35?/m1/s1. The van der Waals surface area contributed by atoms with Gasteiger partial charge in [-0.1, -0.05) is 97.1 Å². The van der Waals surface area contributed by atoms with Crippen molar-refractivity contribution in [3.63, 3.8) is 0 Å². The Morgan fingerprint density at radius 2 is 1.56 bits per heavy atom. The smallest absolute Gasteiger partial charge is 0.239 e. The van der Waals surface area contributed by atoms with Gasteiger partial charge in [0, 0.05) is 38.5 Å². The van der Waals surface area contributed by atoms with Crippen LogP contribution in [0, 0.1) is 0 Å². The minimum absolute atomic E-state index is 0.00208. The fourth-order valence-electron chi connectivity index (χ4n) is 6.39. The first-order valence-corrected chi connectivity index (χ1v) is 15.8. The van der Waals surface area contributed by atoms with Gasteiger partial charge in [0.2, 0.25) is 11.8 Å². The number of nitrogens with zero attached hydrogens (tertiary/aromatic N) is 2. The molecule has 1 fully saturated rings. The third kappa shape index (κ3) is 8.70. The molecule has 0 spiro atoms. The van der Waals surface area contributed by atoms with Crippen molar-refractivity contribution in [1.29, 1.82) is 0 Å². The Kier molecular flexibility index (Phi) is 10.8. The van der Waals surface area contributed by atoms with Crippen LogP contribution in [0.4, 0.5) is 0 Å². The largest absolute Gasteiger partial charge is 0.370 e. The quantitative estimate of drug-likeness (QED) is 0.105. The molecule has 2 amide bonds. The Labute approximate surface area is 265 Å². The van der Waals surface area contributed by atoms with E-state index in [1.807, 2.05) is 29.2 Å². The van der Waals surface area contributed by atoms with Crippen molar-refractivity contribution in [3.8, 4) is 0 Å². The summed E-state index contributed by atoms with van der Waals surface area (Å²) in [7, 11) is 0. The maximum Gasteiger partial charge on any atom is 0.239 e. The molecule has 8 nitrogen and oxygen atoms in total. The lowest BCUT2D eigenvalue weighted by atomic mass is 9.90. The second-order valence-corrected chi connectivity index (χ2v) is 11.9. The molecule has 8 heteroatoms. The van der Waals surface area contributed by atoms with Gasteiger partial charge in [0.25, 0.3) is 0 Å². The lowest BCUT2D eigenvalue weighted by molar-refractivity contribution is -0.133. The Bertz CT molecular complexity index is 1550. The monoisotopic (exact) mass is 604 g/mol. The molecule has 0 radical (unpaired) electrons. The number of fused-ring (bicyclic) bond motifs is 1. The number of nitrogens with one attached hydrogen (secondary N) is 2. The van der Waals surface area contributed by atoms with E-state index in [2.05, 4.69) is 94.5 Å². The van der Waals surface area contributed by atoms with Crippen LogP contribution in [-0.4, -0.2) is 54.4 Å². The van der Waals surface area contributed by atoms with E-state index in [-0.39, 0.29) is 35.8 Å². The summed E-state index contributed by atoms with van der Waals surface area (Å²) in [5.41, 5.74) is 14.5. The first-order chi connectivity index (χ1) is 21.9. The van der Waals surface area contributed by atoms with Gasteiger partial charge in [-0.2, -0.15) is 0 Å². The Morgan fingerprint density at radius 3 is 2.20 bits per heavy atom. The van der Waals surface area contributed by atoms with Crippen LogP contribution in [0.15, 0.2) is 108 Å². The van der Waals surface area contributed by atoms with Crippen molar-refractivity contribution in [2.75, 3.05) is 19.6 Å². The van der Waals surface area contributed by atoms with Crippen molar-refractivity contribution in [1.82, 2.24) is 15.5 Å². The summed E-state index contributed by atoms with van der Waals surface area (Å²) < 4.78 is 0. The van der Waals surface area contributed by atoms with Crippen LogP contribution in [0.3, 0.4) is 0 Å². The van der Waals surface area contributed by atoms with Gasteiger partial charge in [0.1, 0.15) is 0 Å². The fraction of sp³-hybridized carbons (Fsp3) is 0.324. The number of carbonyl (C=O) groups excluding carboxylic acids is 2. The van der Waals surface area contributed by atoms with Crippen LogP contribution in [0.2, 0.25) is 0 Å². The Hall–Kier alpha value is -4.69. The summed E-state index contributed by atoms with van der Waals surface area (Å²) in [6.45, 7) is 3.20. The van der Waals surface area contributed by atoms with E-state index in [4.69, 9.17) is 11.5 Å². The minimum Gasteiger partial charge on any atom is -0.370 e. The lowest BCUT2D eigenvalue weighted by Gasteiger charge is -2.29. The second kappa shape index (κ2) is 15.3. The predicted octanol–water partition coefficient (Wildman–Crippen LogP) is 4.85. The molecule has 234 valence electrons. The number of benzene rings is 4. The molecule has 1 saturated heterocycles. The maximum atomic E-state index is 14.2. The number of carbonyl (C=O) groups is 2. The minimum atomic E-state index is -0.395. The molecule has 0 bridgehead atoms. The van der Waals surface area contributed by atoms with E-state index in [1.165, 1.54) is 11.1 Å². The molecule has 1 unspecified atom stereocenters. The second-order valence-electron chi connectivity index (χ2n) is 11.9. The van der Waals surface area contributed by atoms with Gasteiger partial charge in [-0.3, -0.25) is 14.6 Å². The average molecular weight is 605 g/mol. The molecular formula is C37H44N6O2. The number of hydrogen-bond acceptors (Lipinski definition) is 4. The first-order valence-electron chi connectivity index (χ1n) is 15.8. The molecule has 3 atom stereocenters. The van der Waals surface area contributed by atoms with Crippen molar-refractivity contribution in [2.45, 2.75) is 56.7 Å². The zero-order chi connectivity index (χ0) is 31.6. The summed E-state index contributed by atoms with van der Waals surface area (Å²) >= 11 is 0. The number of aliphatic imine (C=N–C) groups is 1. The summed E-state index contributed by atoms with van der Waals surface area (Å²) in [6.07, 6.45) is 2.69. The van der Waals surface area contributed by atoms with Gasteiger partial charge in [-0.15, -0.1) is 0 Å². The maximum absolute atomic E-state index is 14.2. The Balaban J connectivity index is 1.40. The third-order valence-electron chi connectivity index (χ3n) is 8.62. The average Bonchev–Trinajstić information content (AvgIpc) is 3.19. The van der Waals surface area contributed by atoms with E-state index in [0.717, 1.165) is 22.8 Å². The van der Waals surface area contributed by atoms with Gasteiger partial charge in [-0.25, -0.2) is 0 Å². The van der Waals surface area contributed by atoms with E-state index in [0.29, 0.717) is 38.9 Å². The summed E-state index contributed by atoms with van der Waals surface area (Å²) in [5.74, 6) is 0.0966. The highest BCUT2D eigenvalue weighted by Gasteiger charge is 2.33. The number of amides is 2. The fourth-order valence-corrected chi connectivity index (χ4v) is 6.39. The molecule has 1 aliphatic rings. The van der Waals surface area contributed by atoms with Crippen LogP contribution in [0.5, 0.6) is 0 Å². The molecular weight excluding hydrogens is 560 g/mol. The highest BCUT2D eigenvalue weighted by Crippen LogP contribution is 2.29. The van der Waals surface area contributed by atoms with Gasteiger partial charge in [0.15, 0.2) is 5.96 Å². The Morgan fingerprint density at radius 1 is 0.911 bits per heavy atom. The van der Waals surface area contributed by atoms with Crippen molar-refractivity contribution >= 4 is 28.5 Å². The third-order valence-corrected chi connectivity index (χ3v) is 8.62. The van der Waals surface area contributed by atoms with Crippen molar-refractivity contribution in [3.05, 3.63) is 120 Å². The molecule has 5 rings (SSSR count). The highest BCUT2D eigenvalue weighted by molar-refractivity contribution is 5.84. The number of rotatable bonds is 12. The van der Waals surface area contributed by atoms with Crippen molar-refractivity contribution < 1.29 is 9.59 Å². The van der Waals surface area contributed by atoms with E-state index in [1.54, 1.807) is 6.92 Å². The molecule has 0 aliphatic carbocycles. The van der Waals surface area contributed by atoms with E-state index in [9.17, 15) is 9.59 Å². The normalized spacial score (nSPS) is 17.6. The lowest BCUT2D eigenvalue weighted by Crippen LogP contribution is -2.47. The molecule has 1 aliphatic heterocycles. The van der Waals surface area contributed by atoms with Crippen LogP contribution in [0.1, 0.15) is 61.3 Å². The first kappa shape index (κ1) is 31.7. The van der Waals surface area contributed by atoms with Crippen LogP contribution in [0.25, 0.3) is 10.8 Å². The number of guanidine groups is 1. The molecule has 1 heterocycles. The van der Waals surface area contributed by atoms with E-state index < -0.39 is 6.04 Å².